The van der Waals surface area contributed by atoms with Crippen LogP contribution in [0.1, 0.15) is 19.4 Å². The van der Waals surface area contributed by atoms with Gasteiger partial charge in [-0.3, -0.25) is 4.18 Å². The maximum atomic E-state index is 11.4. The Kier molecular flexibility index (Phi) is 6.73. The van der Waals surface area contributed by atoms with Crippen molar-refractivity contribution in [1.29, 1.82) is 0 Å². The van der Waals surface area contributed by atoms with Crippen LogP contribution in [0.2, 0.25) is 0 Å². The van der Waals surface area contributed by atoms with E-state index >= 15 is 0 Å². The average Bonchev–Trinajstić information content (AvgIpc) is 3.02. The zero-order valence-electron chi connectivity index (χ0n) is 17.3. The van der Waals surface area contributed by atoms with Crippen molar-refractivity contribution in [3.8, 4) is 0 Å². The maximum absolute atomic E-state index is 11.4. The summed E-state index contributed by atoms with van der Waals surface area (Å²) in [5, 5.41) is 0. The molecule has 2 saturated heterocycles. The highest BCUT2D eigenvalue weighted by Crippen LogP contribution is 2.50. The Morgan fingerprint density at radius 1 is 1.17 bits per heavy atom. The molecule has 2 aliphatic rings. The molecule has 0 radical (unpaired) electrons. The van der Waals surface area contributed by atoms with E-state index in [9.17, 15) is 13.0 Å². The van der Waals surface area contributed by atoms with Crippen LogP contribution in [-0.4, -0.2) is 75.6 Å². The third-order valence-corrected chi connectivity index (χ3v) is 6.59. The zero-order valence-corrected chi connectivity index (χ0v) is 19.0. The second kappa shape index (κ2) is 8.48. The van der Waals surface area contributed by atoms with Crippen LogP contribution in [0.3, 0.4) is 0 Å². The fourth-order valence-corrected chi connectivity index (χ4v) is 5.58. The van der Waals surface area contributed by atoms with E-state index in [0.29, 0.717) is 6.16 Å². The van der Waals surface area contributed by atoms with Gasteiger partial charge in [-0.15, -0.1) is 0 Å². The number of rotatable bonds is 8. The Hall–Kier alpha value is -0.640. The number of hydrogen-bond donors (Lipinski definition) is 0. The summed E-state index contributed by atoms with van der Waals surface area (Å²) in [5.74, 6) is -0.855. The molecule has 0 aliphatic carbocycles. The van der Waals surface area contributed by atoms with Crippen LogP contribution in [0, 0.1) is 0 Å². The Morgan fingerprint density at radius 3 is 2.41 bits per heavy atom. The van der Waals surface area contributed by atoms with E-state index in [-0.39, 0.29) is 6.61 Å². The first-order chi connectivity index (χ1) is 13.3. The van der Waals surface area contributed by atoms with Crippen LogP contribution in [0.4, 0.5) is 0 Å². The normalized spacial score (nSPS) is 30.3. The van der Waals surface area contributed by atoms with Crippen molar-refractivity contribution in [1.82, 2.24) is 0 Å². The topological polar surface area (TPSA) is 103 Å². The van der Waals surface area contributed by atoms with E-state index in [1.807, 2.05) is 50.3 Å². The quantitative estimate of drug-likeness (QED) is 0.339. The Labute approximate surface area is 173 Å². The summed E-state index contributed by atoms with van der Waals surface area (Å²) in [4.78, 5) is 0. The first-order valence-electron chi connectivity index (χ1n) is 9.44. The molecule has 0 N–H and O–H groups in total. The first-order valence-corrected chi connectivity index (χ1v) is 14.1. The van der Waals surface area contributed by atoms with Gasteiger partial charge >= 0.3 is 0 Å². The molecule has 1 aromatic rings. The van der Waals surface area contributed by atoms with Gasteiger partial charge in [-0.1, -0.05) is 30.3 Å². The lowest BCUT2D eigenvalue weighted by molar-refractivity contribution is -0.227. The van der Waals surface area contributed by atoms with Crippen LogP contribution < -0.4 is 0 Å². The van der Waals surface area contributed by atoms with Crippen LogP contribution in [-0.2, 0) is 40.1 Å². The van der Waals surface area contributed by atoms with Gasteiger partial charge in [0, 0.05) is 27.3 Å². The minimum absolute atomic E-state index is 0.278. The second-order valence-corrected chi connectivity index (χ2v) is 14.8. The summed E-state index contributed by atoms with van der Waals surface area (Å²) < 4.78 is 63.0. The molecule has 0 unspecified atom stereocenters. The number of benzene rings is 1. The smallest absolute Gasteiger partial charge is 0.218 e. The summed E-state index contributed by atoms with van der Waals surface area (Å²) >= 11 is 0. The van der Waals surface area contributed by atoms with Gasteiger partial charge in [-0.05, 0) is 19.4 Å². The fraction of sp³-hybridized carbons (Fsp3) is 0.684. The van der Waals surface area contributed by atoms with Crippen molar-refractivity contribution in [2.75, 3.05) is 26.2 Å². The van der Waals surface area contributed by atoms with Crippen molar-refractivity contribution in [2.45, 2.75) is 56.9 Å². The third-order valence-electron chi connectivity index (χ3n) is 4.65. The lowest BCUT2D eigenvalue weighted by Crippen LogP contribution is -2.46. The Morgan fingerprint density at radius 2 is 1.83 bits per heavy atom. The molecular formula is C19H29O8PS. The molecule has 0 saturated carbocycles. The Bertz CT molecular complexity index is 792. The number of fused-ring (bicyclic) bond motifs is 1. The van der Waals surface area contributed by atoms with Gasteiger partial charge in [0.1, 0.15) is 24.4 Å². The van der Waals surface area contributed by atoms with E-state index in [2.05, 4.69) is 0 Å². The maximum Gasteiger partial charge on any atom is 0.218 e. The summed E-state index contributed by atoms with van der Waals surface area (Å²) in [6.07, 6.45) is -3.35. The van der Waals surface area contributed by atoms with Gasteiger partial charge in [0.2, 0.25) is 10.4 Å². The van der Waals surface area contributed by atoms with Gasteiger partial charge in [0.25, 0.3) is 0 Å². The molecule has 2 aliphatic heterocycles. The molecule has 5 atom stereocenters. The predicted octanol–water partition coefficient (Wildman–Crippen LogP) is 2.20. The molecule has 0 amide bonds. The molecule has 0 spiro atoms. The monoisotopic (exact) mass is 448 g/mol. The number of ether oxygens (including phenoxy) is 4. The molecule has 164 valence electrons. The average molecular weight is 448 g/mol. The van der Waals surface area contributed by atoms with Crippen LogP contribution in [0.5, 0.6) is 0 Å². The molecule has 29 heavy (non-hydrogen) atoms. The molecule has 2 fully saturated rings. The number of hydrogen-bond acceptors (Lipinski definition) is 8. The SMILES string of the molecule is CC1(C)O[C@H]2O[C@H]([C@@H](C[P+](C)(C)C)OS(=O)(=O)[O-])[C@H](OCc3ccccc3)[C@H]2O1. The molecule has 0 aromatic heterocycles. The Balaban J connectivity index is 1.84. The highest BCUT2D eigenvalue weighted by atomic mass is 32.3. The van der Waals surface area contributed by atoms with E-state index < -0.39 is 54.2 Å². The molecule has 10 heteroatoms. The summed E-state index contributed by atoms with van der Waals surface area (Å²) in [6.45, 7) is 9.93. The summed E-state index contributed by atoms with van der Waals surface area (Å²) in [6, 6.07) is 9.57. The lowest BCUT2D eigenvalue weighted by atomic mass is 10.1. The molecule has 1 aromatic carbocycles. The van der Waals surface area contributed by atoms with Crippen molar-refractivity contribution >= 4 is 17.7 Å². The predicted molar refractivity (Wildman–Crippen MR) is 108 cm³/mol. The highest BCUT2D eigenvalue weighted by Gasteiger charge is 2.58. The first kappa shape index (κ1) is 23.0. The summed E-state index contributed by atoms with van der Waals surface area (Å²) in [7, 11) is -6.43. The van der Waals surface area contributed by atoms with E-state index in [0.717, 1.165) is 5.56 Å². The highest BCUT2D eigenvalue weighted by molar-refractivity contribution is 7.80. The minimum atomic E-state index is -4.92. The van der Waals surface area contributed by atoms with Crippen molar-refractivity contribution in [2.24, 2.45) is 0 Å². The van der Waals surface area contributed by atoms with Gasteiger partial charge in [-0.25, -0.2) is 8.42 Å². The van der Waals surface area contributed by atoms with Gasteiger partial charge in [0.05, 0.1) is 12.8 Å². The zero-order chi connectivity index (χ0) is 21.4. The van der Waals surface area contributed by atoms with Crippen LogP contribution >= 0.6 is 7.26 Å². The van der Waals surface area contributed by atoms with E-state index in [4.69, 9.17) is 23.1 Å². The molecule has 2 heterocycles. The van der Waals surface area contributed by atoms with Crippen molar-refractivity contribution in [3.05, 3.63) is 35.9 Å². The van der Waals surface area contributed by atoms with Gasteiger partial charge in [-0.2, -0.15) is 0 Å². The molecule has 0 bridgehead atoms. The standard InChI is InChI=1S/C19H29O8PS/c1-19(2)25-17-16(23-11-13-9-7-6-8-10-13)15(24-18(17)26-19)14(12-28(3,4)5)27-29(20,21)22/h6-10,14-18H,11-12H2,1-5H3/t14-,15-,16+,17-,18-/m1/s1. The van der Waals surface area contributed by atoms with Gasteiger partial charge in [0.15, 0.2) is 12.1 Å². The van der Waals surface area contributed by atoms with Crippen molar-refractivity contribution < 1.29 is 36.1 Å². The second-order valence-electron chi connectivity index (χ2n) is 8.85. The van der Waals surface area contributed by atoms with E-state index in [1.165, 1.54) is 0 Å². The third kappa shape index (κ3) is 6.42. The van der Waals surface area contributed by atoms with Crippen LogP contribution in [0.25, 0.3) is 0 Å². The largest absolute Gasteiger partial charge is 0.726 e. The van der Waals surface area contributed by atoms with E-state index in [1.54, 1.807) is 13.8 Å². The molecule has 3 rings (SSSR count). The van der Waals surface area contributed by atoms with Crippen molar-refractivity contribution in [3.63, 3.8) is 0 Å². The molecular weight excluding hydrogens is 419 g/mol. The fourth-order valence-electron chi connectivity index (χ4n) is 3.64. The minimum Gasteiger partial charge on any atom is -0.726 e. The molecule has 8 nitrogen and oxygen atoms in total. The van der Waals surface area contributed by atoms with Crippen LogP contribution in [0.15, 0.2) is 30.3 Å². The summed E-state index contributed by atoms with van der Waals surface area (Å²) in [5.41, 5.74) is 0.949. The van der Waals surface area contributed by atoms with Gasteiger partial charge < -0.3 is 23.5 Å². The lowest BCUT2D eigenvalue weighted by Gasteiger charge is -2.32.